The van der Waals surface area contributed by atoms with Gasteiger partial charge in [-0.05, 0) is 23.9 Å². The van der Waals surface area contributed by atoms with Gasteiger partial charge in [-0.3, -0.25) is 9.78 Å². The Morgan fingerprint density at radius 3 is 3.06 bits per heavy atom. The first kappa shape index (κ1) is 11.8. The van der Waals surface area contributed by atoms with Gasteiger partial charge in [0.1, 0.15) is 5.75 Å². The Labute approximate surface area is 104 Å². The number of carbonyl (C=O) groups excluding carboxylic acids is 1. The number of pyridine rings is 1. The highest BCUT2D eigenvalue weighted by Gasteiger charge is 2.11. The van der Waals surface area contributed by atoms with E-state index in [0.717, 1.165) is 11.3 Å². The summed E-state index contributed by atoms with van der Waals surface area (Å²) in [6, 6.07) is 5.42. The number of aromatic nitrogens is 1. The molecule has 4 heteroatoms. The van der Waals surface area contributed by atoms with Gasteiger partial charge >= 0.3 is 0 Å². The Kier molecular flexibility index (Phi) is 3.88. The van der Waals surface area contributed by atoms with E-state index in [9.17, 15) is 4.79 Å². The topological polar surface area (TPSA) is 39.2 Å². The zero-order chi connectivity index (χ0) is 12.1. The lowest BCUT2D eigenvalue weighted by molar-refractivity contribution is 0.104. The van der Waals surface area contributed by atoms with E-state index >= 15 is 0 Å². The van der Waals surface area contributed by atoms with Crippen LogP contribution >= 0.6 is 11.3 Å². The number of thiophene rings is 1. The monoisotopic (exact) mass is 247 g/mol. The molecule has 3 nitrogen and oxygen atoms in total. The minimum atomic E-state index is -0.00514. The van der Waals surface area contributed by atoms with Crippen LogP contribution < -0.4 is 4.74 Å². The van der Waals surface area contributed by atoms with E-state index in [1.165, 1.54) is 11.3 Å². The minimum absolute atomic E-state index is 0.00514. The van der Waals surface area contributed by atoms with Gasteiger partial charge < -0.3 is 4.74 Å². The van der Waals surface area contributed by atoms with Gasteiger partial charge in [-0.1, -0.05) is 13.0 Å². The van der Waals surface area contributed by atoms with Gasteiger partial charge in [0, 0.05) is 11.8 Å². The summed E-state index contributed by atoms with van der Waals surface area (Å²) in [6.45, 7) is 2.67. The van der Waals surface area contributed by atoms with Gasteiger partial charge in [0.05, 0.1) is 17.7 Å². The largest absolute Gasteiger partial charge is 0.492 e. The molecule has 0 aliphatic heterocycles. The average Bonchev–Trinajstić information content (AvgIpc) is 2.89. The normalized spacial score (nSPS) is 10.2. The van der Waals surface area contributed by atoms with Crippen molar-refractivity contribution in [1.29, 1.82) is 0 Å². The van der Waals surface area contributed by atoms with Crippen molar-refractivity contribution in [2.45, 2.75) is 13.3 Å². The zero-order valence-corrected chi connectivity index (χ0v) is 10.4. The smallest absolute Gasteiger partial charge is 0.204 e. The highest BCUT2D eigenvalue weighted by Crippen LogP contribution is 2.18. The van der Waals surface area contributed by atoms with Crippen LogP contribution in [0, 0.1) is 0 Å². The van der Waals surface area contributed by atoms with Crippen molar-refractivity contribution >= 4 is 17.1 Å². The first-order valence-corrected chi connectivity index (χ1v) is 6.35. The van der Waals surface area contributed by atoms with Crippen LogP contribution in [0.5, 0.6) is 5.75 Å². The summed E-state index contributed by atoms with van der Waals surface area (Å²) in [7, 11) is 0. The number of ether oxygens (including phenoxy) is 1. The fourth-order valence-corrected chi connectivity index (χ4v) is 2.08. The maximum Gasteiger partial charge on any atom is 0.204 e. The van der Waals surface area contributed by atoms with E-state index in [1.807, 2.05) is 24.4 Å². The first-order valence-electron chi connectivity index (χ1n) is 5.47. The molecule has 0 saturated heterocycles. The molecule has 0 aliphatic rings. The molecule has 88 valence electrons. The predicted octanol–water partition coefficient (Wildman–Crippen LogP) is 3.16. The molecule has 2 aromatic rings. The maximum absolute atomic E-state index is 12.0. The number of hydrogen-bond acceptors (Lipinski definition) is 4. The molecule has 0 aromatic carbocycles. The fraction of sp³-hybridized carbons (Fsp3) is 0.231. The number of carbonyl (C=O) groups is 1. The van der Waals surface area contributed by atoms with Gasteiger partial charge in [0.2, 0.25) is 5.78 Å². The number of hydrogen-bond donors (Lipinski definition) is 0. The highest BCUT2D eigenvalue weighted by atomic mass is 32.1. The highest BCUT2D eigenvalue weighted by molar-refractivity contribution is 7.12. The van der Waals surface area contributed by atoms with Crippen LogP contribution in [0.4, 0.5) is 0 Å². The molecule has 0 unspecified atom stereocenters. The van der Waals surface area contributed by atoms with Crippen LogP contribution in [0.1, 0.15) is 28.6 Å². The molecular formula is C13H13NO2S. The van der Waals surface area contributed by atoms with Crippen LogP contribution in [0.2, 0.25) is 0 Å². The van der Waals surface area contributed by atoms with Gasteiger partial charge in [0.25, 0.3) is 0 Å². The molecular weight excluding hydrogens is 234 g/mol. The molecule has 2 rings (SSSR count). The number of rotatable bonds is 5. The summed E-state index contributed by atoms with van der Waals surface area (Å²) in [4.78, 5) is 16.8. The summed E-state index contributed by atoms with van der Waals surface area (Å²) in [5.41, 5.74) is 0.570. The molecule has 2 heterocycles. The van der Waals surface area contributed by atoms with Crippen LogP contribution in [-0.4, -0.2) is 17.4 Å². The molecule has 0 fully saturated rings. The summed E-state index contributed by atoms with van der Waals surface area (Å²) < 4.78 is 5.45. The molecule has 0 aliphatic carbocycles. The van der Waals surface area contributed by atoms with Crippen molar-refractivity contribution in [1.82, 2.24) is 4.98 Å². The summed E-state index contributed by atoms with van der Waals surface area (Å²) in [5.74, 6) is 0.642. The second kappa shape index (κ2) is 5.59. The van der Waals surface area contributed by atoms with Crippen LogP contribution in [0.3, 0.4) is 0 Å². The second-order valence-corrected chi connectivity index (χ2v) is 4.51. The summed E-state index contributed by atoms with van der Waals surface area (Å²) in [6.07, 6.45) is 4.13. The van der Waals surface area contributed by atoms with Crippen molar-refractivity contribution < 1.29 is 9.53 Å². The third-order valence-corrected chi connectivity index (χ3v) is 3.06. The van der Waals surface area contributed by atoms with Crippen molar-refractivity contribution in [3.05, 3.63) is 46.4 Å². The lowest BCUT2D eigenvalue weighted by Gasteiger charge is -2.05. The summed E-state index contributed by atoms with van der Waals surface area (Å²) >= 11 is 1.43. The van der Waals surface area contributed by atoms with E-state index in [0.29, 0.717) is 17.9 Å². The fourth-order valence-electron chi connectivity index (χ4n) is 1.39. The second-order valence-electron chi connectivity index (χ2n) is 3.56. The molecule has 2 aromatic heterocycles. The maximum atomic E-state index is 12.0. The molecule has 0 atom stereocenters. The Morgan fingerprint density at radius 1 is 1.47 bits per heavy atom. The Balaban J connectivity index is 2.18. The number of ketones is 1. The number of nitrogens with zero attached hydrogens (tertiary/aromatic N) is 1. The molecule has 0 N–H and O–H groups in total. The molecule has 0 saturated carbocycles. The average molecular weight is 247 g/mol. The first-order chi connectivity index (χ1) is 8.31. The third kappa shape index (κ3) is 2.91. The van der Waals surface area contributed by atoms with E-state index in [2.05, 4.69) is 4.98 Å². The van der Waals surface area contributed by atoms with Crippen LogP contribution in [0.25, 0.3) is 0 Å². The molecule has 0 radical (unpaired) electrons. The van der Waals surface area contributed by atoms with Crippen molar-refractivity contribution in [2.24, 2.45) is 0 Å². The van der Waals surface area contributed by atoms with Gasteiger partial charge in [-0.15, -0.1) is 11.3 Å². The molecule has 0 amide bonds. The SMILES string of the molecule is CCCOc1cncc(C(=O)c2cccs2)c1. The van der Waals surface area contributed by atoms with Crippen molar-refractivity contribution in [3.63, 3.8) is 0 Å². The van der Waals surface area contributed by atoms with E-state index < -0.39 is 0 Å². The molecule has 0 bridgehead atoms. The summed E-state index contributed by atoms with van der Waals surface area (Å²) in [5, 5.41) is 1.89. The van der Waals surface area contributed by atoms with Crippen molar-refractivity contribution in [2.75, 3.05) is 6.61 Å². The van der Waals surface area contributed by atoms with Gasteiger partial charge in [0.15, 0.2) is 0 Å². The Morgan fingerprint density at radius 2 is 2.35 bits per heavy atom. The predicted molar refractivity (Wildman–Crippen MR) is 67.8 cm³/mol. The lowest BCUT2D eigenvalue weighted by atomic mass is 10.1. The molecule has 17 heavy (non-hydrogen) atoms. The lowest BCUT2D eigenvalue weighted by Crippen LogP contribution is -2.01. The van der Waals surface area contributed by atoms with E-state index in [1.54, 1.807) is 18.5 Å². The Bertz CT molecular complexity index is 494. The molecule has 0 spiro atoms. The van der Waals surface area contributed by atoms with Gasteiger partial charge in [-0.2, -0.15) is 0 Å². The van der Waals surface area contributed by atoms with Crippen LogP contribution in [-0.2, 0) is 0 Å². The van der Waals surface area contributed by atoms with E-state index in [4.69, 9.17) is 4.74 Å². The van der Waals surface area contributed by atoms with Crippen LogP contribution in [0.15, 0.2) is 36.0 Å². The standard InChI is InChI=1S/C13H13NO2S/c1-2-5-16-11-7-10(8-14-9-11)13(15)12-4-3-6-17-12/h3-4,6-9H,2,5H2,1H3. The van der Waals surface area contributed by atoms with Crippen molar-refractivity contribution in [3.8, 4) is 5.75 Å². The Hall–Kier alpha value is -1.68. The quantitative estimate of drug-likeness (QED) is 0.762. The third-order valence-electron chi connectivity index (χ3n) is 2.19. The van der Waals surface area contributed by atoms with Gasteiger partial charge in [-0.25, -0.2) is 0 Å². The van der Waals surface area contributed by atoms with E-state index in [-0.39, 0.29) is 5.78 Å². The zero-order valence-electron chi connectivity index (χ0n) is 9.55. The minimum Gasteiger partial charge on any atom is -0.492 e.